The standard InChI is InChI=1S/C22H30N4O2/c1-4-19(26-21(27)17-9-10-20(23)25-13-17)16-7-5-15(6-8-16)18-11-12-24-22(28-3)14(18)2/h9-13,15-16,19H,4-8H2,1-3H3,(H2,23,25)(H,26,27)/t15?,16?,19-/m1/s1. The predicted octanol–water partition coefficient (Wildman–Crippen LogP) is 3.86. The Kier molecular flexibility index (Phi) is 6.49. The van der Waals surface area contributed by atoms with Crippen molar-refractivity contribution >= 4 is 11.7 Å². The lowest BCUT2D eigenvalue weighted by atomic mass is 9.75. The Morgan fingerprint density at radius 1 is 1.25 bits per heavy atom. The van der Waals surface area contributed by atoms with E-state index in [0.717, 1.165) is 43.5 Å². The predicted molar refractivity (Wildman–Crippen MR) is 110 cm³/mol. The van der Waals surface area contributed by atoms with E-state index in [9.17, 15) is 4.79 Å². The quantitative estimate of drug-likeness (QED) is 0.792. The molecule has 2 heterocycles. The Labute approximate surface area is 166 Å². The number of anilines is 1. The highest BCUT2D eigenvalue weighted by molar-refractivity contribution is 5.94. The fraction of sp³-hybridized carbons (Fsp3) is 0.500. The van der Waals surface area contributed by atoms with Gasteiger partial charge in [-0.2, -0.15) is 0 Å². The number of nitrogens with one attached hydrogen (secondary N) is 1. The van der Waals surface area contributed by atoms with Crippen LogP contribution in [0.5, 0.6) is 5.88 Å². The number of nitrogens with two attached hydrogens (primary N) is 1. The van der Waals surface area contributed by atoms with Crippen molar-refractivity contribution in [3.05, 3.63) is 47.3 Å². The van der Waals surface area contributed by atoms with Gasteiger partial charge in [0.2, 0.25) is 5.88 Å². The van der Waals surface area contributed by atoms with Crippen LogP contribution in [0.3, 0.4) is 0 Å². The first kappa shape index (κ1) is 20.1. The maximum absolute atomic E-state index is 12.6. The van der Waals surface area contributed by atoms with Gasteiger partial charge in [0.15, 0.2) is 0 Å². The Hall–Kier alpha value is -2.63. The van der Waals surface area contributed by atoms with E-state index < -0.39 is 0 Å². The fourth-order valence-electron chi connectivity index (χ4n) is 4.36. The van der Waals surface area contributed by atoms with Crippen molar-refractivity contribution in [1.29, 1.82) is 0 Å². The molecule has 2 aromatic heterocycles. The van der Waals surface area contributed by atoms with Crippen LogP contribution in [0.25, 0.3) is 0 Å². The van der Waals surface area contributed by atoms with Crippen LogP contribution in [-0.4, -0.2) is 29.0 Å². The van der Waals surface area contributed by atoms with Gasteiger partial charge < -0.3 is 15.8 Å². The van der Waals surface area contributed by atoms with Gasteiger partial charge in [0.05, 0.1) is 12.7 Å². The molecule has 1 amide bonds. The van der Waals surface area contributed by atoms with Crippen LogP contribution in [0.1, 0.15) is 66.4 Å². The minimum atomic E-state index is -0.0730. The second-order valence-corrected chi connectivity index (χ2v) is 7.61. The molecule has 6 heteroatoms. The molecule has 0 unspecified atom stereocenters. The van der Waals surface area contributed by atoms with Crippen LogP contribution in [0, 0.1) is 12.8 Å². The molecule has 3 N–H and O–H groups in total. The molecule has 0 aliphatic heterocycles. The smallest absolute Gasteiger partial charge is 0.253 e. The normalized spacial score (nSPS) is 20.4. The summed E-state index contributed by atoms with van der Waals surface area (Å²) >= 11 is 0. The molecule has 0 aromatic carbocycles. The maximum Gasteiger partial charge on any atom is 0.253 e. The molecule has 0 radical (unpaired) electrons. The molecule has 1 aliphatic rings. The van der Waals surface area contributed by atoms with E-state index in [4.69, 9.17) is 10.5 Å². The number of nitrogens with zero attached hydrogens (tertiary/aromatic N) is 2. The van der Waals surface area contributed by atoms with Gasteiger partial charge in [-0.3, -0.25) is 4.79 Å². The summed E-state index contributed by atoms with van der Waals surface area (Å²) in [6.45, 7) is 4.22. The highest BCUT2D eigenvalue weighted by atomic mass is 16.5. The van der Waals surface area contributed by atoms with Crippen LogP contribution in [-0.2, 0) is 0 Å². The molecular weight excluding hydrogens is 352 g/mol. The summed E-state index contributed by atoms with van der Waals surface area (Å²) in [5.41, 5.74) is 8.65. The minimum absolute atomic E-state index is 0.0730. The van der Waals surface area contributed by atoms with Gasteiger partial charge in [-0.15, -0.1) is 0 Å². The first-order valence-electron chi connectivity index (χ1n) is 10.0. The van der Waals surface area contributed by atoms with Crippen molar-refractivity contribution in [2.24, 2.45) is 5.92 Å². The van der Waals surface area contributed by atoms with Gasteiger partial charge in [0.1, 0.15) is 5.82 Å². The SMILES string of the molecule is CC[C@@H](NC(=O)c1ccc(N)nc1)C1CCC(c2ccnc(OC)c2C)CC1. The zero-order chi connectivity index (χ0) is 20.1. The number of rotatable bonds is 6. The van der Waals surface area contributed by atoms with Crippen molar-refractivity contribution in [3.63, 3.8) is 0 Å². The van der Waals surface area contributed by atoms with Crippen molar-refractivity contribution in [1.82, 2.24) is 15.3 Å². The van der Waals surface area contributed by atoms with Crippen molar-refractivity contribution < 1.29 is 9.53 Å². The summed E-state index contributed by atoms with van der Waals surface area (Å²) in [6.07, 6.45) is 8.74. The number of amides is 1. The van der Waals surface area contributed by atoms with Crippen LogP contribution in [0.2, 0.25) is 0 Å². The number of nitrogen functional groups attached to an aromatic ring is 1. The summed E-state index contributed by atoms with van der Waals surface area (Å²) in [6, 6.07) is 5.68. The number of hydrogen-bond acceptors (Lipinski definition) is 5. The lowest BCUT2D eigenvalue weighted by Gasteiger charge is -2.34. The number of aromatic nitrogens is 2. The summed E-state index contributed by atoms with van der Waals surface area (Å²) in [7, 11) is 1.67. The molecule has 0 spiro atoms. The van der Waals surface area contributed by atoms with Crippen LogP contribution in [0.4, 0.5) is 5.82 Å². The van der Waals surface area contributed by atoms with E-state index in [1.165, 1.54) is 11.8 Å². The Balaban J connectivity index is 1.61. The third kappa shape index (κ3) is 4.43. The highest BCUT2D eigenvalue weighted by Gasteiger charge is 2.29. The van der Waals surface area contributed by atoms with E-state index in [1.807, 2.05) is 6.20 Å². The van der Waals surface area contributed by atoms with Gasteiger partial charge in [-0.25, -0.2) is 9.97 Å². The fourth-order valence-corrected chi connectivity index (χ4v) is 4.36. The summed E-state index contributed by atoms with van der Waals surface area (Å²) in [5.74, 6) is 2.09. The summed E-state index contributed by atoms with van der Waals surface area (Å²) < 4.78 is 5.37. The number of carbonyl (C=O) groups excluding carboxylic acids is 1. The van der Waals surface area contributed by atoms with Crippen molar-refractivity contribution in [2.75, 3.05) is 12.8 Å². The number of carbonyl (C=O) groups is 1. The minimum Gasteiger partial charge on any atom is -0.481 e. The Morgan fingerprint density at radius 3 is 2.61 bits per heavy atom. The van der Waals surface area contributed by atoms with Crippen LogP contribution in [0.15, 0.2) is 30.6 Å². The largest absolute Gasteiger partial charge is 0.481 e. The third-order valence-corrected chi connectivity index (χ3v) is 5.98. The molecule has 2 aromatic rings. The molecule has 3 rings (SSSR count). The van der Waals surface area contributed by atoms with Gasteiger partial charge in [0, 0.05) is 24.0 Å². The van der Waals surface area contributed by atoms with E-state index >= 15 is 0 Å². The van der Waals surface area contributed by atoms with Crippen LogP contribution < -0.4 is 15.8 Å². The van der Waals surface area contributed by atoms with Gasteiger partial charge in [-0.1, -0.05) is 6.92 Å². The molecule has 28 heavy (non-hydrogen) atoms. The zero-order valence-corrected chi connectivity index (χ0v) is 16.9. The van der Waals surface area contributed by atoms with Crippen LogP contribution >= 0.6 is 0 Å². The van der Waals surface area contributed by atoms with Crippen molar-refractivity contribution in [3.8, 4) is 5.88 Å². The molecule has 0 saturated heterocycles. The lowest BCUT2D eigenvalue weighted by Crippen LogP contribution is -2.41. The lowest BCUT2D eigenvalue weighted by molar-refractivity contribution is 0.0909. The molecule has 1 fully saturated rings. The second-order valence-electron chi connectivity index (χ2n) is 7.61. The molecule has 6 nitrogen and oxygen atoms in total. The number of methoxy groups -OCH3 is 1. The Morgan fingerprint density at radius 2 is 2.00 bits per heavy atom. The molecular formula is C22H30N4O2. The van der Waals surface area contributed by atoms with Gasteiger partial charge >= 0.3 is 0 Å². The first-order chi connectivity index (χ1) is 13.5. The molecule has 1 saturated carbocycles. The van der Waals surface area contributed by atoms with E-state index in [-0.39, 0.29) is 11.9 Å². The average molecular weight is 383 g/mol. The third-order valence-electron chi connectivity index (χ3n) is 5.98. The highest BCUT2D eigenvalue weighted by Crippen LogP contribution is 2.39. The average Bonchev–Trinajstić information content (AvgIpc) is 2.73. The summed E-state index contributed by atoms with van der Waals surface area (Å²) in [4.78, 5) is 20.9. The monoisotopic (exact) mass is 382 g/mol. The van der Waals surface area contributed by atoms with E-state index in [2.05, 4.69) is 35.2 Å². The topological polar surface area (TPSA) is 90.1 Å². The van der Waals surface area contributed by atoms with E-state index in [1.54, 1.807) is 19.2 Å². The van der Waals surface area contributed by atoms with Gasteiger partial charge in [0.25, 0.3) is 5.91 Å². The summed E-state index contributed by atoms with van der Waals surface area (Å²) in [5, 5.41) is 3.21. The number of hydrogen-bond donors (Lipinski definition) is 2. The van der Waals surface area contributed by atoms with Crippen molar-refractivity contribution in [2.45, 2.75) is 57.9 Å². The zero-order valence-electron chi connectivity index (χ0n) is 16.9. The first-order valence-corrected chi connectivity index (χ1v) is 10.0. The van der Waals surface area contributed by atoms with Gasteiger partial charge in [-0.05, 0) is 74.6 Å². The number of pyridine rings is 2. The van der Waals surface area contributed by atoms with E-state index in [0.29, 0.717) is 23.2 Å². The second kappa shape index (κ2) is 9.04. The maximum atomic E-state index is 12.6. The molecule has 1 aliphatic carbocycles. The molecule has 0 bridgehead atoms. The number of ether oxygens (including phenoxy) is 1. The molecule has 1 atom stereocenters. The molecule has 150 valence electrons. The Bertz CT molecular complexity index is 799.